The van der Waals surface area contributed by atoms with Crippen LogP contribution in [0.2, 0.25) is 5.02 Å². The van der Waals surface area contributed by atoms with Gasteiger partial charge in [-0.25, -0.2) is 0 Å². The van der Waals surface area contributed by atoms with Crippen LogP contribution in [0.25, 0.3) is 0 Å². The van der Waals surface area contributed by atoms with Gasteiger partial charge in [-0.15, -0.1) is 0 Å². The summed E-state index contributed by atoms with van der Waals surface area (Å²) < 4.78 is 18.3. The molecule has 0 unspecified atom stereocenters. The fourth-order valence-electron chi connectivity index (χ4n) is 1.56. The number of benzene rings is 1. The van der Waals surface area contributed by atoms with Gasteiger partial charge in [0.05, 0.1) is 0 Å². The summed E-state index contributed by atoms with van der Waals surface area (Å²) in [6.07, 6.45) is 0. The number of hydrogen-bond donors (Lipinski definition) is 1. The zero-order valence-electron chi connectivity index (χ0n) is 9.78. The van der Waals surface area contributed by atoms with Crippen LogP contribution in [-0.4, -0.2) is 12.0 Å². The minimum atomic E-state index is -0.569. The molecule has 1 aromatic carbocycles. The van der Waals surface area contributed by atoms with Gasteiger partial charge < -0.3 is 10.1 Å². The average molecular weight is 267 g/mol. The lowest BCUT2D eigenvalue weighted by Crippen LogP contribution is -2.02. The molecule has 0 atom stereocenters. The van der Waals surface area contributed by atoms with Crippen molar-refractivity contribution in [2.24, 2.45) is 0 Å². The molecule has 0 radical (unpaired) electrons. The Bertz CT molecular complexity index is 548. The van der Waals surface area contributed by atoms with Gasteiger partial charge >= 0.3 is 0 Å². The molecule has 1 heterocycles. The van der Waals surface area contributed by atoms with E-state index in [2.05, 4.69) is 10.3 Å². The maximum absolute atomic E-state index is 12.9. The molecule has 5 heteroatoms. The van der Waals surface area contributed by atoms with Crippen molar-refractivity contribution < 1.29 is 9.13 Å². The largest absolute Gasteiger partial charge is 0.473 e. The van der Waals surface area contributed by atoms with Crippen molar-refractivity contribution in [3.8, 4) is 5.88 Å². The number of rotatable bonds is 4. The van der Waals surface area contributed by atoms with Gasteiger partial charge in [0, 0.05) is 29.4 Å². The van der Waals surface area contributed by atoms with Crippen LogP contribution in [0, 0.1) is 5.95 Å². The van der Waals surface area contributed by atoms with Crippen molar-refractivity contribution in [2.75, 3.05) is 12.4 Å². The van der Waals surface area contributed by atoms with Crippen LogP contribution in [0.3, 0.4) is 0 Å². The van der Waals surface area contributed by atoms with Crippen molar-refractivity contribution in [1.29, 1.82) is 0 Å². The van der Waals surface area contributed by atoms with Gasteiger partial charge in [0.1, 0.15) is 6.61 Å². The fraction of sp³-hybridized carbons (Fsp3) is 0.154. The highest BCUT2D eigenvalue weighted by molar-refractivity contribution is 6.31. The molecule has 94 valence electrons. The summed E-state index contributed by atoms with van der Waals surface area (Å²) in [5, 5.41) is 3.62. The van der Waals surface area contributed by atoms with E-state index in [0.717, 1.165) is 11.3 Å². The first-order chi connectivity index (χ1) is 8.70. The van der Waals surface area contributed by atoms with Crippen molar-refractivity contribution in [2.45, 2.75) is 6.61 Å². The molecular formula is C13H12ClFN2O. The van der Waals surface area contributed by atoms with E-state index in [-0.39, 0.29) is 12.5 Å². The molecule has 2 rings (SSSR count). The van der Waals surface area contributed by atoms with E-state index in [1.54, 1.807) is 25.2 Å². The van der Waals surface area contributed by atoms with Crippen molar-refractivity contribution in [3.05, 3.63) is 52.9 Å². The van der Waals surface area contributed by atoms with Crippen LogP contribution >= 0.6 is 11.6 Å². The zero-order valence-corrected chi connectivity index (χ0v) is 10.5. The van der Waals surface area contributed by atoms with E-state index in [9.17, 15) is 4.39 Å². The van der Waals surface area contributed by atoms with Crippen LogP contribution in [0.15, 0.2) is 36.4 Å². The monoisotopic (exact) mass is 266 g/mol. The molecule has 0 aliphatic heterocycles. The Morgan fingerprint density at radius 2 is 2.06 bits per heavy atom. The van der Waals surface area contributed by atoms with Gasteiger partial charge in [0.25, 0.3) is 0 Å². The molecule has 0 aliphatic rings. The number of halogens is 2. The number of anilines is 1. The number of nitrogens with zero attached hydrogens (tertiary/aromatic N) is 1. The zero-order chi connectivity index (χ0) is 13.0. The normalized spacial score (nSPS) is 10.2. The molecule has 18 heavy (non-hydrogen) atoms. The molecule has 2 aromatic rings. The van der Waals surface area contributed by atoms with E-state index >= 15 is 0 Å². The summed E-state index contributed by atoms with van der Waals surface area (Å²) in [7, 11) is 1.80. The first-order valence-electron chi connectivity index (χ1n) is 5.41. The van der Waals surface area contributed by atoms with E-state index in [4.69, 9.17) is 16.3 Å². The number of nitrogens with one attached hydrogen (secondary N) is 1. The lowest BCUT2D eigenvalue weighted by molar-refractivity contribution is 0.290. The van der Waals surface area contributed by atoms with Gasteiger partial charge in [-0.05, 0) is 18.2 Å². The Kier molecular flexibility index (Phi) is 3.99. The third-order valence-corrected chi connectivity index (χ3v) is 2.80. The highest BCUT2D eigenvalue weighted by Crippen LogP contribution is 2.25. The molecule has 0 aliphatic carbocycles. The molecule has 1 N–H and O–H groups in total. The number of hydrogen-bond acceptors (Lipinski definition) is 3. The molecule has 0 fully saturated rings. The van der Waals surface area contributed by atoms with Gasteiger partial charge in [-0.2, -0.15) is 9.37 Å². The topological polar surface area (TPSA) is 34.1 Å². The van der Waals surface area contributed by atoms with Crippen molar-refractivity contribution in [1.82, 2.24) is 4.98 Å². The van der Waals surface area contributed by atoms with Crippen molar-refractivity contribution >= 4 is 17.3 Å². The Labute approximate surface area is 110 Å². The summed E-state index contributed by atoms with van der Waals surface area (Å²) in [6.45, 7) is 0.228. The summed E-state index contributed by atoms with van der Waals surface area (Å²) in [4.78, 5) is 3.62. The number of pyridine rings is 1. The Morgan fingerprint density at radius 3 is 2.78 bits per heavy atom. The van der Waals surface area contributed by atoms with E-state index < -0.39 is 5.95 Å². The molecule has 0 spiro atoms. The van der Waals surface area contributed by atoms with Crippen LogP contribution < -0.4 is 10.1 Å². The van der Waals surface area contributed by atoms with Crippen LogP contribution in [-0.2, 0) is 6.61 Å². The van der Waals surface area contributed by atoms with Crippen LogP contribution in [0.1, 0.15) is 5.56 Å². The summed E-state index contributed by atoms with van der Waals surface area (Å²) in [5.74, 6) is -0.336. The third kappa shape index (κ3) is 2.90. The second-order valence-electron chi connectivity index (χ2n) is 3.60. The minimum Gasteiger partial charge on any atom is -0.473 e. The van der Waals surface area contributed by atoms with Gasteiger partial charge in [-0.1, -0.05) is 23.7 Å². The second-order valence-corrected chi connectivity index (χ2v) is 4.01. The van der Waals surface area contributed by atoms with Gasteiger partial charge in [0.2, 0.25) is 11.8 Å². The molecule has 0 saturated carbocycles. The molecule has 0 saturated heterocycles. The predicted octanol–water partition coefficient (Wildman–Crippen LogP) is 3.49. The summed E-state index contributed by atoms with van der Waals surface area (Å²) in [5.41, 5.74) is 1.69. The van der Waals surface area contributed by atoms with E-state index in [0.29, 0.717) is 5.02 Å². The SMILES string of the molecule is CNc1cccc(Cl)c1COc1cccc(F)n1. The quantitative estimate of drug-likeness (QED) is 0.860. The highest BCUT2D eigenvalue weighted by atomic mass is 35.5. The Morgan fingerprint density at radius 1 is 1.28 bits per heavy atom. The smallest absolute Gasteiger partial charge is 0.216 e. The predicted molar refractivity (Wildman–Crippen MR) is 69.5 cm³/mol. The van der Waals surface area contributed by atoms with Crippen LogP contribution in [0.5, 0.6) is 5.88 Å². The number of aromatic nitrogens is 1. The molecule has 0 amide bonds. The average Bonchev–Trinajstić information content (AvgIpc) is 2.37. The summed E-state index contributed by atoms with van der Waals surface area (Å²) in [6, 6.07) is 9.92. The highest BCUT2D eigenvalue weighted by Gasteiger charge is 2.07. The number of ether oxygens (including phenoxy) is 1. The van der Waals surface area contributed by atoms with Crippen molar-refractivity contribution in [3.63, 3.8) is 0 Å². The minimum absolute atomic E-state index is 0.228. The van der Waals surface area contributed by atoms with E-state index in [1.165, 1.54) is 6.07 Å². The Hall–Kier alpha value is -1.81. The molecule has 3 nitrogen and oxygen atoms in total. The van der Waals surface area contributed by atoms with Crippen LogP contribution in [0.4, 0.5) is 10.1 Å². The third-order valence-electron chi connectivity index (χ3n) is 2.44. The maximum atomic E-state index is 12.9. The fourth-order valence-corrected chi connectivity index (χ4v) is 1.78. The van der Waals surface area contributed by atoms with Gasteiger partial charge in [-0.3, -0.25) is 0 Å². The summed E-state index contributed by atoms with van der Waals surface area (Å²) >= 11 is 6.09. The first-order valence-corrected chi connectivity index (χ1v) is 5.79. The second kappa shape index (κ2) is 5.69. The van der Waals surface area contributed by atoms with E-state index in [1.807, 2.05) is 12.1 Å². The lowest BCUT2D eigenvalue weighted by Gasteiger charge is -2.11. The molecular weight excluding hydrogens is 255 g/mol. The standard InChI is InChI=1S/C13H12ClFN2O/c1-16-11-5-2-4-10(14)9(11)8-18-13-7-3-6-12(15)17-13/h2-7,16H,8H2,1H3. The molecule has 1 aromatic heterocycles. The Balaban J connectivity index is 2.15. The lowest BCUT2D eigenvalue weighted by atomic mass is 10.2. The molecule has 0 bridgehead atoms. The maximum Gasteiger partial charge on any atom is 0.216 e. The van der Waals surface area contributed by atoms with Gasteiger partial charge in [0.15, 0.2) is 0 Å². The first kappa shape index (κ1) is 12.6.